The number of nitrogens with zero attached hydrogens (tertiary/aromatic N) is 1. The van der Waals surface area contributed by atoms with E-state index in [1.165, 1.54) is 16.6 Å². The zero-order valence-electron chi connectivity index (χ0n) is 7.77. The van der Waals surface area contributed by atoms with E-state index >= 15 is 0 Å². The van der Waals surface area contributed by atoms with Crippen molar-refractivity contribution in [2.45, 2.75) is 18.7 Å². The summed E-state index contributed by atoms with van der Waals surface area (Å²) in [6, 6.07) is -0.770. The monoisotopic (exact) mass is 232 g/mol. The highest BCUT2D eigenvalue weighted by Gasteiger charge is 2.11. The van der Waals surface area contributed by atoms with Crippen molar-refractivity contribution in [1.82, 2.24) is 4.98 Å². The lowest BCUT2D eigenvalue weighted by Crippen LogP contribution is -2.32. The Balaban J connectivity index is 2.29. The molecule has 1 heterocycles. The Morgan fingerprint density at radius 2 is 2.57 bits per heavy atom. The fourth-order valence-corrected chi connectivity index (χ4v) is 2.81. The third-order valence-corrected chi connectivity index (χ3v) is 3.90. The van der Waals surface area contributed by atoms with Crippen molar-refractivity contribution in [3.05, 3.63) is 16.1 Å². The van der Waals surface area contributed by atoms with E-state index in [9.17, 15) is 4.79 Å². The fourth-order valence-electron chi connectivity index (χ4n) is 0.815. The predicted molar refractivity (Wildman–Crippen MR) is 58.6 cm³/mol. The largest absolute Gasteiger partial charge is 0.480 e. The second kappa shape index (κ2) is 5.33. The van der Waals surface area contributed by atoms with E-state index in [0.717, 1.165) is 11.4 Å². The summed E-state index contributed by atoms with van der Waals surface area (Å²) in [5, 5.41) is 8.55. The average molecular weight is 232 g/mol. The Morgan fingerprint density at radius 3 is 3.07 bits per heavy atom. The summed E-state index contributed by atoms with van der Waals surface area (Å²) in [4.78, 5) is 15.7. The zero-order chi connectivity index (χ0) is 10.6. The summed E-state index contributed by atoms with van der Waals surface area (Å²) in [5.41, 5.74) is 8.18. The number of carbonyl (C=O) groups is 1. The van der Waals surface area contributed by atoms with Gasteiger partial charge in [-0.25, -0.2) is 4.98 Å². The van der Waals surface area contributed by atoms with Crippen LogP contribution >= 0.6 is 23.1 Å². The van der Waals surface area contributed by atoms with Crippen LogP contribution in [0.3, 0.4) is 0 Å². The first-order chi connectivity index (χ1) is 6.61. The molecule has 0 saturated heterocycles. The number of aromatic nitrogens is 1. The molecule has 0 aliphatic rings. The van der Waals surface area contributed by atoms with Gasteiger partial charge in [-0.2, -0.15) is 11.8 Å². The molecule has 0 bridgehead atoms. The molecule has 0 fully saturated rings. The summed E-state index contributed by atoms with van der Waals surface area (Å²) in [6.45, 7) is 1.95. The van der Waals surface area contributed by atoms with E-state index in [0.29, 0.717) is 5.75 Å². The maximum atomic E-state index is 10.4. The molecule has 1 aromatic heterocycles. The Bertz CT molecular complexity index is 314. The topological polar surface area (TPSA) is 76.2 Å². The van der Waals surface area contributed by atoms with Crippen LogP contribution < -0.4 is 5.73 Å². The first-order valence-electron chi connectivity index (χ1n) is 4.06. The minimum Gasteiger partial charge on any atom is -0.480 e. The lowest BCUT2D eigenvalue weighted by Gasteiger charge is -2.04. The van der Waals surface area contributed by atoms with Crippen LogP contribution in [-0.2, 0) is 10.5 Å². The quantitative estimate of drug-likeness (QED) is 0.795. The molecule has 4 nitrogen and oxygen atoms in total. The van der Waals surface area contributed by atoms with Gasteiger partial charge in [0, 0.05) is 16.4 Å². The van der Waals surface area contributed by atoms with Crippen molar-refractivity contribution in [3.8, 4) is 0 Å². The summed E-state index contributed by atoms with van der Waals surface area (Å²) >= 11 is 3.12. The van der Waals surface area contributed by atoms with Crippen molar-refractivity contribution >= 4 is 29.1 Å². The van der Waals surface area contributed by atoms with E-state index < -0.39 is 12.0 Å². The van der Waals surface area contributed by atoms with Crippen LogP contribution in [0.5, 0.6) is 0 Å². The van der Waals surface area contributed by atoms with Gasteiger partial charge in [0.15, 0.2) is 0 Å². The molecule has 6 heteroatoms. The zero-order valence-corrected chi connectivity index (χ0v) is 9.40. The summed E-state index contributed by atoms with van der Waals surface area (Å²) in [6.07, 6.45) is 0. The molecule has 1 aromatic rings. The normalized spacial score (nSPS) is 12.7. The maximum Gasteiger partial charge on any atom is 0.321 e. The molecule has 14 heavy (non-hydrogen) atoms. The van der Waals surface area contributed by atoms with Crippen LogP contribution in [0.4, 0.5) is 0 Å². The highest BCUT2D eigenvalue weighted by Crippen LogP contribution is 2.19. The first-order valence-corrected chi connectivity index (χ1v) is 6.09. The number of nitrogens with two attached hydrogens (primary N) is 1. The third kappa shape index (κ3) is 3.28. The molecule has 0 aromatic carbocycles. The van der Waals surface area contributed by atoms with Gasteiger partial charge in [0.1, 0.15) is 6.04 Å². The molecule has 0 aliphatic carbocycles. The Kier molecular flexibility index (Phi) is 4.37. The van der Waals surface area contributed by atoms with Gasteiger partial charge < -0.3 is 10.8 Å². The number of carboxylic acids is 1. The van der Waals surface area contributed by atoms with Crippen LogP contribution in [0.25, 0.3) is 0 Å². The maximum absolute atomic E-state index is 10.4. The van der Waals surface area contributed by atoms with E-state index in [1.54, 1.807) is 16.8 Å². The van der Waals surface area contributed by atoms with Crippen LogP contribution in [0, 0.1) is 6.92 Å². The van der Waals surface area contributed by atoms with E-state index in [2.05, 4.69) is 4.98 Å². The van der Waals surface area contributed by atoms with E-state index in [-0.39, 0.29) is 0 Å². The van der Waals surface area contributed by atoms with Crippen LogP contribution in [0.1, 0.15) is 10.6 Å². The highest BCUT2D eigenvalue weighted by molar-refractivity contribution is 7.98. The molecule has 0 saturated carbocycles. The Labute approximate surface area is 90.5 Å². The number of hydrogen-bond acceptors (Lipinski definition) is 5. The summed E-state index contributed by atoms with van der Waals surface area (Å²) in [7, 11) is 0. The van der Waals surface area contributed by atoms with Gasteiger partial charge in [-0.05, 0) is 6.92 Å². The third-order valence-electron chi connectivity index (χ3n) is 1.69. The molecule has 1 rings (SSSR count). The van der Waals surface area contributed by atoms with Gasteiger partial charge in [0.05, 0.1) is 11.2 Å². The molecule has 1 unspecified atom stereocenters. The van der Waals surface area contributed by atoms with Crippen molar-refractivity contribution in [3.63, 3.8) is 0 Å². The van der Waals surface area contributed by atoms with Crippen molar-refractivity contribution in [2.75, 3.05) is 5.75 Å². The standard InChI is InChI=1S/C8H12N2O2S2/c1-5-7(14-4-10-5)3-13-2-6(9)8(11)12/h4,6H,2-3,9H2,1H3,(H,11,12). The van der Waals surface area contributed by atoms with Gasteiger partial charge >= 0.3 is 5.97 Å². The number of thiazole rings is 1. The molecule has 0 amide bonds. The number of hydrogen-bond donors (Lipinski definition) is 2. The van der Waals surface area contributed by atoms with Gasteiger partial charge in [0.25, 0.3) is 0 Å². The van der Waals surface area contributed by atoms with E-state index in [4.69, 9.17) is 10.8 Å². The Morgan fingerprint density at radius 1 is 1.86 bits per heavy atom. The smallest absolute Gasteiger partial charge is 0.321 e. The minimum atomic E-state index is -0.946. The number of thioether (sulfide) groups is 1. The van der Waals surface area contributed by atoms with Gasteiger partial charge in [-0.3, -0.25) is 4.79 Å². The van der Waals surface area contributed by atoms with Gasteiger partial charge in [-0.15, -0.1) is 11.3 Å². The van der Waals surface area contributed by atoms with E-state index in [1.807, 2.05) is 6.92 Å². The van der Waals surface area contributed by atoms with Crippen LogP contribution in [0.2, 0.25) is 0 Å². The summed E-state index contributed by atoms with van der Waals surface area (Å²) in [5.74, 6) is 0.281. The average Bonchev–Trinajstić information content (AvgIpc) is 2.51. The lowest BCUT2D eigenvalue weighted by molar-refractivity contribution is -0.137. The van der Waals surface area contributed by atoms with Crippen LogP contribution in [-0.4, -0.2) is 27.9 Å². The summed E-state index contributed by atoms with van der Waals surface area (Å²) < 4.78 is 0. The van der Waals surface area contributed by atoms with Crippen molar-refractivity contribution in [1.29, 1.82) is 0 Å². The second-order valence-electron chi connectivity index (χ2n) is 2.82. The number of carboxylic acid groups (broad SMARTS) is 1. The molecule has 0 spiro atoms. The number of rotatable bonds is 5. The second-order valence-corrected chi connectivity index (χ2v) is 4.79. The Hall–Kier alpha value is -0.590. The van der Waals surface area contributed by atoms with Gasteiger partial charge in [0.2, 0.25) is 0 Å². The van der Waals surface area contributed by atoms with Crippen molar-refractivity contribution < 1.29 is 9.90 Å². The first kappa shape index (κ1) is 11.5. The highest BCUT2D eigenvalue weighted by atomic mass is 32.2. The molecule has 0 aliphatic heterocycles. The number of aryl methyl sites for hydroxylation is 1. The number of aliphatic carboxylic acids is 1. The fraction of sp³-hybridized carbons (Fsp3) is 0.500. The SMILES string of the molecule is Cc1ncsc1CSCC(N)C(=O)O. The predicted octanol–water partition coefficient (Wildman–Crippen LogP) is 1.10. The van der Waals surface area contributed by atoms with Crippen molar-refractivity contribution in [2.24, 2.45) is 5.73 Å². The molecular formula is C8H12N2O2S2. The molecular weight excluding hydrogens is 220 g/mol. The molecule has 3 N–H and O–H groups in total. The lowest BCUT2D eigenvalue weighted by atomic mass is 10.4. The van der Waals surface area contributed by atoms with Gasteiger partial charge in [-0.1, -0.05) is 0 Å². The molecule has 78 valence electrons. The molecule has 1 atom stereocenters. The minimum absolute atomic E-state index is 0.437. The van der Waals surface area contributed by atoms with Crippen LogP contribution in [0.15, 0.2) is 5.51 Å². The molecule has 0 radical (unpaired) electrons.